The van der Waals surface area contributed by atoms with Gasteiger partial charge in [0.2, 0.25) is 5.91 Å². The summed E-state index contributed by atoms with van der Waals surface area (Å²) >= 11 is 0. The largest absolute Gasteiger partial charge is 0.497 e. The smallest absolute Gasteiger partial charge is 0.331 e. The van der Waals surface area contributed by atoms with E-state index >= 15 is 0 Å². The van der Waals surface area contributed by atoms with Crippen LogP contribution in [0.15, 0.2) is 24.3 Å². The highest BCUT2D eigenvalue weighted by atomic mass is 16.5. The molecule has 0 saturated carbocycles. The van der Waals surface area contributed by atoms with Crippen molar-refractivity contribution in [3.63, 3.8) is 0 Å². The highest BCUT2D eigenvalue weighted by Gasteiger charge is 2.37. The van der Waals surface area contributed by atoms with E-state index in [9.17, 15) is 19.8 Å². The number of hydrogen-bond acceptors (Lipinski definition) is 4. The predicted octanol–water partition coefficient (Wildman–Crippen LogP) is 0.414. The molecule has 1 heterocycles. The van der Waals surface area contributed by atoms with Crippen LogP contribution in [0.3, 0.4) is 0 Å². The zero-order chi connectivity index (χ0) is 14.0. The number of carbonyl (C=O) groups is 2. The Morgan fingerprint density at radius 2 is 2.05 bits per heavy atom. The van der Waals surface area contributed by atoms with Gasteiger partial charge in [-0.2, -0.15) is 0 Å². The summed E-state index contributed by atoms with van der Waals surface area (Å²) in [5.74, 6) is -0.857. The minimum Gasteiger partial charge on any atom is -0.497 e. The summed E-state index contributed by atoms with van der Waals surface area (Å²) in [6.45, 7) is 0.0435. The third kappa shape index (κ3) is 2.68. The molecule has 6 nitrogen and oxygen atoms in total. The minimum absolute atomic E-state index is 0.0278. The van der Waals surface area contributed by atoms with Gasteiger partial charge in [0.15, 0.2) is 6.04 Å². The molecule has 0 aliphatic carbocycles. The van der Waals surface area contributed by atoms with E-state index in [0.29, 0.717) is 11.3 Å². The van der Waals surface area contributed by atoms with Crippen LogP contribution in [0.25, 0.3) is 0 Å². The van der Waals surface area contributed by atoms with Crippen molar-refractivity contribution in [1.29, 1.82) is 0 Å². The molecule has 0 spiro atoms. The van der Waals surface area contributed by atoms with E-state index in [1.807, 2.05) is 0 Å². The normalized spacial score (nSPS) is 20.4. The Morgan fingerprint density at radius 3 is 2.47 bits per heavy atom. The molecular formula is C13H15NO5. The second-order valence-electron chi connectivity index (χ2n) is 4.42. The Morgan fingerprint density at radius 1 is 1.42 bits per heavy atom. The number of ether oxygens (including phenoxy) is 1. The number of hydrogen-bond donors (Lipinski definition) is 2. The van der Waals surface area contributed by atoms with E-state index in [1.165, 1.54) is 12.0 Å². The van der Waals surface area contributed by atoms with Gasteiger partial charge in [-0.25, -0.2) is 4.79 Å². The van der Waals surface area contributed by atoms with Gasteiger partial charge < -0.3 is 19.8 Å². The number of β-amino-alcohol motifs (C(OH)–C–C–N with tert-alkyl or cyclic N) is 1. The number of likely N-dealkylation sites (tertiary alicyclic amines) is 1. The molecule has 2 atom stereocenters. The van der Waals surface area contributed by atoms with E-state index in [1.54, 1.807) is 24.3 Å². The molecule has 1 aromatic rings. The Hall–Kier alpha value is -2.08. The first kappa shape index (κ1) is 13.4. The topological polar surface area (TPSA) is 87.1 Å². The lowest BCUT2D eigenvalue weighted by molar-refractivity contribution is -0.148. The number of carboxylic acids is 1. The Labute approximate surface area is 110 Å². The maximum Gasteiger partial charge on any atom is 0.331 e. The zero-order valence-corrected chi connectivity index (χ0v) is 10.4. The lowest BCUT2D eigenvalue weighted by atomic mass is 10.1. The number of carboxylic acid groups (broad SMARTS) is 1. The zero-order valence-electron chi connectivity index (χ0n) is 10.4. The van der Waals surface area contributed by atoms with E-state index in [-0.39, 0.29) is 18.9 Å². The molecule has 0 radical (unpaired) electrons. The molecule has 1 saturated heterocycles. The van der Waals surface area contributed by atoms with E-state index < -0.39 is 18.1 Å². The molecular weight excluding hydrogens is 250 g/mol. The molecule has 102 valence electrons. The van der Waals surface area contributed by atoms with Crippen LogP contribution < -0.4 is 4.74 Å². The Balaban J connectivity index is 2.29. The number of aliphatic carboxylic acids is 1. The molecule has 2 rings (SSSR count). The second kappa shape index (κ2) is 5.27. The number of benzene rings is 1. The fraction of sp³-hybridized carbons (Fsp3) is 0.385. The van der Waals surface area contributed by atoms with Crippen molar-refractivity contribution in [3.8, 4) is 5.75 Å². The van der Waals surface area contributed by atoms with Gasteiger partial charge in [0.1, 0.15) is 5.75 Å². The van der Waals surface area contributed by atoms with Crippen LogP contribution in [0.4, 0.5) is 0 Å². The third-order valence-corrected chi connectivity index (χ3v) is 3.12. The highest BCUT2D eigenvalue weighted by Crippen LogP contribution is 2.27. The van der Waals surface area contributed by atoms with Gasteiger partial charge in [-0.1, -0.05) is 12.1 Å². The fourth-order valence-corrected chi connectivity index (χ4v) is 2.20. The second-order valence-corrected chi connectivity index (χ2v) is 4.42. The summed E-state index contributed by atoms with van der Waals surface area (Å²) in [6.07, 6.45) is -0.826. The molecule has 1 fully saturated rings. The van der Waals surface area contributed by atoms with Crippen LogP contribution in [0.2, 0.25) is 0 Å². The first-order chi connectivity index (χ1) is 9.02. The van der Waals surface area contributed by atoms with Crippen molar-refractivity contribution >= 4 is 11.9 Å². The lowest BCUT2D eigenvalue weighted by Crippen LogP contribution is -2.35. The van der Waals surface area contributed by atoms with Crippen molar-refractivity contribution in [2.45, 2.75) is 18.6 Å². The summed E-state index contributed by atoms with van der Waals surface area (Å²) in [5, 5.41) is 18.8. The number of carbonyl (C=O) groups excluding carboxylic acids is 1. The highest BCUT2D eigenvalue weighted by molar-refractivity contribution is 5.86. The maximum absolute atomic E-state index is 11.7. The Kier molecular flexibility index (Phi) is 3.71. The van der Waals surface area contributed by atoms with Crippen molar-refractivity contribution in [2.24, 2.45) is 0 Å². The molecule has 0 bridgehead atoms. The Bertz CT molecular complexity index is 484. The third-order valence-electron chi connectivity index (χ3n) is 3.12. The number of methoxy groups -OCH3 is 1. The molecule has 1 aliphatic rings. The van der Waals surface area contributed by atoms with E-state index in [4.69, 9.17) is 4.74 Å². The van der Waals surface area contributed by atoms with Crippen molar-refractivity contribution in [1.82, 2.24) is 4.90 Å². The molecule has 2 unspecified atom stereocenters. The molecule has 6 heteroatoms. The van der Waals surface area contributed by atoms with Crippen molar-refractivity contribution in [2.75, 3.05) is 13.7 Å². The number of rotatable bonds is 4. The summed E-state index contributed by atoms with van der Waals surface area (Å²) in [7, 11) is 1.52. The van der Waals surface area contributed by atoms with E-state index in [2.05, 4.69) is 0 Å². The average Bonchev–Trinajstić information content (AvgIpc) is 2.69. The number of nitrogens with zero attached hydrogens (tertiary/aromatic N) is 1. The van der Waals surface area contributed by atoms with Crippen molar-refractivity contribution in [3.05, 3.63) is 29.8 Å². The average molecular weight is 265 g/mol. The van der Waals surface area contributed by atoms with Gasteiger partial charge in [-0.05, 0) is 17.7 Å². The monoisotopic (exact) mass is 265 g/mol. The van der Waals surface area contributed by atoms with E-state index in [0.717, 1.165) is 0 Å². The van der Waals surface area contributed by atoms with Gasteiger partial charge in [0, 0.05) is 6.54 Å². The molecule has 19 heavy (non-hydrogen) atoms. The summed E-state index contributed by atoms with van der Waals surface area (Å²) < 4.78 is 5.01. The van der Waals surface area contributed by atoms with Gasteiger partial charge in [-0.3, -0.25) is 4.79 Å². The molecule has 2 N–H and O–H groups in total. The van der Waals surface area contributed by atoms with Crippen LogP contribution in [0, 0.1) is 0 Å². The van der Waals surface area contributed by atoms with Crippen LogP contribution in [0.1, 0.15) is 18.0 Å². The number of amides is 1. The number of aliphatic hydroxyl groups excluding tert-OH is 1. The van der Waals surface area contributed by atoms with Gasteiger partial charge in [0.25, 0.3) is 0 Å². The molecule has 1 aromatic carbocycles. The lowest BCUT2D eigenvalue weighted by Gasteiger charge is -2.24. The summed E-state index contributed by atoms with van der Waals surface area (Å²) in [5.41, 5.74) is 0.482. The van der Waals surface area contributed by atoms with Gasteiger partial charge >= 0.3 is 5.97 Å². The SMILES string of the molecule is COc1ccc(C(C(=O)O)N2CC(O)CC2=O)cc1. The van der Waals surface area contributed by atoms with Gasteiger partial charge in [0.05, 0.1) is 19.6 Å². The minimum atomic E-state index is -1.12. The number of aliphatic hydroxyl groups is 1. The van der Waals surface area contributed by atoms with Crippen LogP contribution in [-0.4, -0.2) is 46.7 Å². The quantitative estimate of drug-likeness (QED) is 0.823. The van der Waals surface area contributed by atoms with Crippen LogP contribution in [0.5, 0.6) is 5.75 Å². The predicted molar refractivity (Wildman–Crippen MR) is 65.7 cm³/mol. The summed E-state index contributed by atoms with van der Waals surface area (Å²) in [4.78, 5) is 24.3. The fourth-order valence-electron chi connectivity index (χ4n) is 2.20. The molecule has 0 aromatic heterocycles. The van der Waals surface area contributed by atoms with Crippen molar-refractivity contribution < 1.29 is 24.5 Å². The maximum atomic E-state index is 11.7. The summed E-state index contributed by atoms with van der Waals surface area (Å²) in [6, 6.07) is 5.42. The van der Waals surface area contributed by atoms with Gasteiger partial charge in [-0.15, -0.1) is 0 Å². The first-order valence-electron chi connectivity index (χ1n) is 5.87. The standard InChI is InChI=1S/C13H15NO5/c1-19-10-4-2-8(3-5-10)12(13(17)18)14-7-9(15)6-11(14)16/h2-5,9,12,15H,6-7H2,1H3,(H,17,18). The van der Waals surface area contributed by atoms with Crippen LogP contribution in [-0.2, 0) is 9.59 Å². The van der Waals surface area contributed by atoms with Crippen LogP contribution >= 0.6 is 0 Å². The first-order valence-corrected chi connectivity index (χ1v) is 5.87. The molecule has 1 aliphatic heterocycles. The molecule has 1 amide bonds.